The average molecular weight is 293 g/mol. The van der Waals surface area contributed by atoms with E-state index in [4.69, 9.17) is 33.4 Å². The van der Waals surface area contributed by atoms with E-state index in [1.165, 1.54) is 12.1 Å². The van der Waals surface area contributed by atoms with Gasteiger partial charge >= 0.3 is 12.0 Å². The molecule has 0 aliphatic rings. The first-order valence-electron chi connectivity index (χ1n) is 4.81. The second-order valence-electron chi connectivity index (χ2n) is 3.31. The number of aliphatic carboxylic acids is 1. The number of aliphatic hydroxyl groups excluding tert-OH is 1. The van der Waals surface area contributed by atoms with Crippen LogP contribution in [0, 0.1) is 0 Å². The van der Waals surface area contributed by atoms with Crippen LogP contribution < -0.4 is 10.6 Å². The minimum atomic E-state index is -1.66. The number of nitrogens with one attached hydrogen (secondary N) is 2. The quantitative estimate of drug-likeness (QED) is 0.677. The van der Waals surface area contributed by atoms with E-state index in [1.54, 1.807) is 6.07 Å². The molecule has 0 fully saturated rings. The summed E-state index contributed by atoms with van der Waals surface area (Å²) in [6.07, 6.45) is -1.66. The van der Waals surface area contributed by atoms with Crippen LogP contribution in [0.2, 0.25) is 10.0 Å². The van der Waals surface area contributed by atoms with Gasteiger partial charge in [0.15, 0.2) is 6.10 Å². The van der Waals surface area contributed by atoms with Gasteiger partial charge in [-0.1, -0.05) is 23.2 Å². The zero-order valence-corrected chi connectivity index (χ0v) is 10.5. The highest BCUT2D eigenvalue weighted by atomic mass is 35.5. The Hall–Kier alpha value is -1.50. The predicted octanol–water partition coefficient (Wildman–Crippen LogP) is 1.56. The molecule has 4 N–H and O–H groups in total. The molecule has 0 unspecified atom stereocenters. The van der Waals surface area contributed by atoms with Crippen LogP contribution in [0.4, 0.5) is 10.5 Å². The third kappa shape index (κ3) is 4.40. The molecule has 1 aromatic carbocycles. The summed E-state index contributed by atoms with van der Waals surface area (Å²) in [5.74, 6) is -1.42. The van der Waals surface area contributed by atoms with Crippen molar-refractivity contribution in [2.24, 2.45) is 0 Å². The molecule has 0 aliphatic heterocycles. The minimum Gasteiger partial charge on any atom is -0.479 e. The second-order valence-corrected chi connectivity index (χ2v) is 4.16. The number of hydrogen-bond donors (Lipinski definition) is 4. The lowest BCUT2D eigenvalue weighted by Gasteiger charge is -2.10. The lowest BCUT2D eigenvalue weighted by molar-refractivity contribution is -0.146. The molecule has 1 atom stereocenters. The molecule has 2 amide bonds. The van der Waals surface area contributed by atoms with Gasteiger partial charge in [0.2, 0.25) is 0 Å². The van der Waals surface area contributed by atoms with E-state index in [0.717, 1.165) is 0 Å². The van der Waals surface area contributed by atoms with Crippen molar-refractivity contribution in [1.29, 1.82) is 0 Å². The summed E-state index contributed by atoms with van der Waals surface area (Å²) in [7, 11) is 0. The standard InChI is InChI=1S/C10H10Cl2N2O4/c11-5-1-2-6(12)7(3-5)14-10(18)13-4-8(15)9(16)17/h1-3,8,15H,4H2,(H,16,17)(H2,13,14,18)/t8-/m0/s1. The SMILES string of the molecule is O=C(NC[C@H](O)C(=O)O)Nc1cc(Cl)ccc1Cl. The van der Waals surface area contributed by atoms with Gasteiger partial charge in [0.25, 0.3) is 0 Å². The number of hydrogen-bond acceptors (Lipinski definition) is 3. The zero-order chi connectivity index (χ0) is 13.7. The van der Waals surface area contributed by atoms with Gasteiger partial charge in [0.1, 0.15) is 0 Å². The molecule has 1 rings (SSSR count). The van der Waals surface area contributed by atoms with Crippen LogP contribution >= 0.6 is 23.2 Å². The van der Waals surface area contributed by atoms with E-state index in [1.807, 2.05) is 0 Å². The molecule has 18 heavy (non-hydrogen) atoms. The van der Waals surface area contributed by atoms with Gasteiger partial charge in [0, 0.05) is 5.02 Å². The summed E-state index contributed by atoms with van der Waals surface area (Å²) >= 11 is 11.5. The van der Waals surface area contributed by atoms with Crippen LogP contribution in [0.3, 0.4) is 0 Å². The molecular weight excluding hydrogens is 283 g/mol. The monoisotopic (exact) mass is 292 g/mol. The number of rotatable bonds is 4. The normalized spacial score (nSPS) is 11.7. The number of halogens is 2. The first-order chi connectivity index (χ1) is 8.40. The van der Waals surface area contributed by atoms with E-state index in [9.17, 15) is 9.59 Å². The Morgan fingerprint density at radius 2 is 2.00 bits per heavy atom. The maximum absolute atomic E-state index is 11.4. The lowest BCUT2D eigenvalue weighted by Crippen LogP contribution is -2.38. The van der Waals surface area contributed by atoms with Crippen LogP contribution in [-0.2, 0) is 4.79 Å². The molecule has 98 valence electrons. The predicted molar refractivity (Wildman–Crippen MR) is 67.1 cm³/mol. The number of carbonyl (C=O) groups excluding carboxylic acids is 1. The van der Waals surface area contributed by atoms with Crippen molar-refractivity contribution >= 4 is 40.9 Å². The number of benzene rings is 1. The molecular formula is C10H10Cl2N2O4. The van der Waals surface area contributed by atoms with Crippen molar-refractivity contribution in [3.63, 3.8) is 0 Å². The van der Waals surface area contributed by atoms with Crippen LogP contribution in [0.1, 0.15) is 0 Å². The molecule has 0 aromatic heterocycles. The average Bonchev–Trinajstić information content (AvgIpc) is 2.30. The van der Waals surface area contributed by atoms with Gasteiger partial charge in [-0.25, -0.2) is 9.59 Å². The van der Waals surface area contributed by atoms with Crippen LogP contribution in [0.5, 0.6) is 0 Å². The topological polar surface area (TPSA) is 98.7 Å². The largest absolute Gasteiger partial charge is 0.479 e. The number of aliphatic hydroxyl groups is 1. The molecule has 0 aliphatic carbocycles. The molecule has 0 spiro atoms. The highest BCUT2D eigenvalue weighted by molar-refractivity contribution is 6.35. The number of carbonyl (C=O) groups is 2. The third-order valence-electron chi connectivity index (χ3n) is 1.92. The molecule has 6 nitrogen and oxygen atoms in total. The van der Waals surface area contributed by atoms with Gasteiger partial charge in [-0.05, 0) is 18.2 Å². The van der Waals surface area contributed by atoms with Crippen molar-refractivity contribution in [2.75, 3.05) is 11.9 Å². The number of carboxylic acid groups (broad SMARTS) is 1. The summed E-state index contributed by atoms with van der Waals surface area (Å²) in [5, 5.41) is 22.6. The fourth-order valence-corrected chi connectivity index (χ4v) is 1.37. The van der Waals surface area contributed by atoms with Crippen molar-refractivity contribution in [1.82, 2.24) is 5.32 Å². The van der Waals surface area contributed by atoms with Gasteiger partial charge < -0.3 is 20.8 Å². The molecule has 0 radical (unpaired) electrons. The Balaban J connectivity index is 2.54. The third-order valence-corrected chi connectivity index (χ3v) is 2.48. The van der Waals surface area contributed by atoms with Gasteiger partial charge in [-0.15, -0.1) is 0 Å². The Labute approximate surface area is 113 Å². The first kappa shape index (κ1) is 14.6. The number of urea groups is 1. The maximum Gasteiger partial charge on any atom is 0.334 e. The summed E-state index contributed by atoms with van der Waals surface area (Å²) in [5.41, 5.74) is 0.284. The van der Waals surface area contributed by atoms with Crippen molar-refractivity contribution in [2.45, 2.75) is 6.10 Å². The Morgan fingerprint density at radius 1 is 1.33 bits per heavy atom. The highest BCUT2D eigenvalue weighted by Gasteiger charge is 2.14. The fourth-order valence-electron chi connectivity index (χ4n) is 1.04. The van der Waals surface area contributed by atoms with E-state index in [-0.39, 0.29) is 10.7 Å². The number of amides is 2. The highest BCUT2D eigenvalue weighted by Crippen LogP contribution is 2.25. The summed E-state index contributed by atoms with van der Waals surface area (Å²) in [4.78, 5) is 21.7. The zero-order valence-electron chi connectivity index (χ0n) is 8.98. The first-order valence-corrected chi connectivity index (χ1v) is 5.56. The maximum atomic E-state index is 11.4. The number of carboxylic acids is 1. The number of anilines is 1. The lowest BCUT2D eigenvalue weighted by atomic mass is 10.3. The van der Waals surface area contributed by atoms with Gasteiger partial charge in [-0.2, -0.15) is 0 Å². The van der Waals surface area contributed by atoms with Gasteiger partial charge in [0.05, 0.1) is 17.3 Å². The van der Waals surface area contributed by atoms with E-state index in [2.05, 4.69) is 10.6 Å². The Morgan fingerprint density at radius 3 is 2.61 bits per heavy atom. The molecule has 0 saturated heterocycles. The van der Waals surface area contributed by atoms with E-state index < -0.39 is 24.6 Å². The molecule has 0 heterocycles. The molecule has 0 saturated carbocycles. The Bertz CT molecular complexity index is 467. The molecule has 1 aromatic rings. The van der Waals surface area contributed by atoms with Crippen LogP contribution in [0.25, 0.3) is 0 Å². The second kappa shape index (κ2) is 6.44. The van der Waals surface area contributed by atoms with Crippen LogP contribution in [-0.4, -0.2) is 34.9 Å². The summed E-state index contributed by atoms with van der Waals surface area (Å²) in [6.45, 7) is -0.417. The minimum absolute atomic E-state index is 0.284. The summed E-state index contributed by atoms with van der Waals surface area (Å²) < 4.78 is 0. The van der Waals surface area contributed by atoms with Crippen LogP contribution in [0.15, 0.2) is 18.2 Å². The Kier molecular flexibility index (Phi) is 5.21. The van der Waals surface area contributed by atoms with Crippen molar-refractivity contribution < 1.29 is 19.8 Å². The molecule has 8 heteroatoms. The smallest absolute Gasteiger partial charge is 0.334 e. The van der Waals surface area contributed by atoms with E-state index >= 15 is 0 Å². The van der Waals surface area contributed by atoms with Gasteiger partial charge in [-0.3, -0.25) is 0 Å². The fraction of sp³-hybridized carbons (Fsp3) is 0.200. The van der Waals surface area contributed by atoms with Crippen molar-refractivity contribution in [3.8, 4) is 0 Å². The molecule has 0 bridgehead atoms. The van der Waals surface area contributed by atoms with E-state index in [0.29, 0.717) is 5.02 Å². The van der Waals surface area contributed by atoms with Crippen molar-refractivity contribution in [3.05, 3.63) is 28.2 Å². The summed E-state index contributed by atoms with van der Waals surface area (Å²) in [6, 6.07) is 3.81.